The Labute approximate surface area is 152 Å². The van der Waals surface area contributed by atoms with E-state index in [1.54, 1.807) is 4.57 Å². The molecule has 0 aliphatic carbocycles. The molecule has 136 valence electrons. The fourth-order valence-electron chi connectivity index (χ4n) is 3.21. The minimum absolute atomic E-state index is 0.0420. The molecule has 0 aliphatic rings. The predicted molar refractivity (Wildman–Crippen MR) is 98.6 cm³/mol. The predicted octanol–water partition coefficient (Wildman–Crippen LogP) is 0.951. The first-order valence-corrected chi connectivity index (χ1v) is 8.12. The van der Waals surface area contributed by atoms with Crippen LogP contribution in [0.2, 0.25) is 0 Å². The molecule has 0 bridgehead atoms. The molecule has 27 heavy (non-hydrogen) atoms. The zero-order valence-corrected chi connectivity index (χ0v) is 13.9. The van der Waals surface area contributed by atoms with Crippen molar-refractivity contribution in [2.24, 2.45) is 0 Å². The lowest BCUT2D eigenvalue weighted by Crippen LogP contribution is -2.99. The van der Waals surface area contributed by atoms with Gasteiger partial charge >= 0.3 is 0 Å². The first kappa shape index (κ1) is 17.3. The van der Waals surface area contributed by atoms with Gasteiger partial charge in [0.2, 0.25) is 0 Å². The van der Waals surface area contributed by atoms with Crippen LogP contribution in [0.5, 0.6) is 0 Å². The molecular weight excluding hydrogens is 350 g/mol. The number of aromatic nitrogens is 1. The average Bonchev–Trinajstić information content (AvgIpc) is 2.68. The summed E-state index contributed by atoms with van der Waals surface area (Å²) >= 11 is 0. The van der Waals surface area contributed by atoms with Crippen molar-refractivity contribution in [3.8, 4) is 5.69 Å². The van der Waals surface area contributed by atoms with Crippen LogP contribution in [0, 0.1) is 10.4 Å². The van der Waals surface area contributed by atoms with Gasteiger partial charge in [-0.05, 0) is 24.3 Å². The average molecular weight is 365 g/mol. The van der Waals surface area contributed by atoms with Crippen LogP contribution in [-0.4, -0.2) is 15.0 Å². The lowest BCUT2D eigenvalue weighted by Gasteiger charge is -2.19. The number of hydrogen-bond acceptors (Lipinski definition) is 5. The van der Waals surface area contributed by atoms with Gasteiger partial charge in [-0.15, -0.1) is 0 Å². The van der Waals surface area contributed by atoms with E-state index >= 15 is 0 Å². The largest absolute Gasteiger partial charge is 0.595 e. The van der Waals surface area contributed by atoms with Gasteiger partial charge in [0.05, 0.1) is 11.0 Å². The lowest BCUT2D eigenvalue weighted by molar-refractivity contribution is -0.991. The molecule has 0 saturated heterocycles. The van der Waals surface area contributed by atoms with Gasteiger partial charge in [0.15, 0.2) is 16.8 Å². The fourth-order valence-corrected chi connectivity index (χ4v) is 3.21. The Morgan fingerprint density at radius 3 is 1.67 bits per heavy atom. The first-order valence-electron chi connectivity index (χ1n) is 8.12. The van der Waals surface area contributed by atoms with E-state index in [2.05, 4.69) is 0 Å². The van der Waals surface area contributed by atoms with Crippen LogP contribution in [0.4, 0.5) is 11.4 Å². The Hall–Kier alpha value is -3.11. The number of nitrogens with zero attached hydrogens (tertiary/aromatic N) is 1. The van der Waals surface area contributed by atoms with Crippen molar-refractivity contribution < 1.29 is 20.9 Å². The summed E-state index contributed by atoms with van der Waals surface area (Å²) in [5.74, 6) is 0. The molecule has 0 fully saturated rings. The molecule has 0 saturated carbocycles. The van der Waals surface area contributed by atoms with E-state index in [4.69, 9.17) is 0 Å². The number of fused-ring (bicyclic) bond motifs is 2. The second-order valence-corrected chi connectivity index (χ2v) is 6.07. The number of quaternary nitrogens is 2. The fraction of sp³-hybridized carbons (Fsp3) is 0. The van der Waals surface area contributed by atoms with E-state index in [1.165, 1.54) is 36.4 Å². The van der Waals surface area contributed by atoms with E-state index in [9.17, 15) is 25.6 Å². The first-order chi connectivity index (χ1) is 13.0. The summed E-state index contributed by atoms with van der Waals surface area (Å²) in [6, 6.07) is 17.7. The molecule has 0 radical (unpaired) electrons. The molecule has 0 aliphatic heterocycles. The Morgan fingerprint density at radius 1 is 0.741 bits per heavy atom. The smallest absolute Gasteiger partial charge is 0.197 e. The molecule has 2 atom stereocenters. The van der Waals surface area contributed by atoms with Crippen LogP contribution in [0.1, 0.15) is 0 Å². The maximum atomic E-state index is 12.9. The molecule has 4 N–H and O–H groups in total. The Morgan fingerprint density at radius 2 is 1.22 bits per heavy atom. The molecule has 4 rings (SSSR count). The van der Waals surface area contributed by atoms with Crippen LogP contribution in [0.15, 0.2) is 71.5 Å². The van der Waals surface area contributed by atoms with Gasteiger partial charge in [0, 0.05) is 40.7 Å². The molecule has 0 amide bonds. The minimum atomic E-state index is -1.11. The number of hydrogen-bond donors (Lipinski definition) is 4. The quantitative estimate of drug-likeness (QED) is 0.319. The van der Waals surface area contributed by atoms with Crippen molar-refractivity contribution >= 4 is 33.2 Å². The molecule has 0 spiro atoms. The highest BCUT2D eigenvalue weighted by molar-refractivity contribution is 5.96. The highest BCUT2D eigenvalue weighted by Crippen LogP contribution is 2.26. The van der Waals surface area contributed by atoms with Crippen molar-refractivity contribution in [1.29, 1.82) is 0 Å². The summed E-state index contributed by atoms with van der Waals surface area (Å²) in [5.41, 5.74) is 1.31. The zero-order chi connectivity index (χ0) is 19.1. The minimum Gasteiger partial charge on any atom is -0.595 e. The summed E-state index contributed by atoms with van der Waals surface area (Å²) in [6.45, 7) is 0. The second-order valence-electron chi connectivity index (χ2n) is 6.07. The van der Waals surface area contributed by atoms with Gasteiger partial charge in [-0.1, -0.05) is 18.2 Å². The van der Waals surface area contributed by atoms with Gasteiger partial charge in [-0.3, -0.25) is 4.79 Å². The van der Waals surface area contributed by atoms with Crippen LogP contribution < -0.4 is 15.9 Å². The third-order valence-electron chi connectivity index (χ3n) is 4.47. The zero-order valence-electron chi connectivity index (χ0n) is 13.9. The van der Waals surface area contributed by atoms with Crippen LogP contribution in [0.25, 0.3) is 27.5 Å². The normalized spacial score (nSPS) is 13.8. The molecule has 2 unspecified atom stereocenters. The molecule has 8 nitrogen and oxygen atoms in total. The molecule has 8 heteroatoms. The Kier molecular flexibility index (Phi) is 4.21. The Balaban J connectivity index is 2.23. The van der Waals surface area contributed by atoms with Crippen molar-refractivity contribution in [3.63, 3.8) is 0 Å². The summed E-state index contributed by atoms with van der Waals surface area (Å²) in [4.78, 5) is 12.9. The van der Waals surface area contributed by atoms with Gasteiger partial charge in [0.1, 0.15) is 0 Å². The maximum absolute atomic E-state index is 12.9. The SMILES string of the molecule is O=c1c2ccc([NH+]([O-])O)cc2n(-c2ccccc2)c2cc([NH+]([O-])O)ccc12. The van der Waals surface area contributed by atoms with E-state index < -0.39 is 10.5 Å². The second kappa shape index (κ2) is 6.56. The van der Waals surface area contributed by atoms with Crippen molar-refractivity contribution in [2.75, 3.05) is 0 Å². The third-order valence-corrected chi connectivity index (χ3v) is 4.47. The topological polar surface area (TPSA) is 117 Å². The van der Waals surface area contributed by atoms with Gasteiger partial charge in [0.25, 0.3) is 0 Å². The molecule has 1 aromatic heterocycles. The lowest BCUT2D eigenvalue weighted by atomic mass is 10.1. The van der Waals surface area contributed by atoms with Gasteiger partial charge < -0.3 is 15.0 Å². The van der Waals surface area contributed by atoms with E-state index in [-0.39, 0.29) is 16.8 Å². The monoisotopic (exact) mass is 365 g/mol. The summed E-state index contributed by atoms with van der Waals surface area (Å²) in [5, 5.41) is 40.0. The number of rotatable bonds is 3. The maximum Gasteiger partial charge on any atom is 0.197 e. The molecule has 3 aromatic carbocycles. The summed E-state index contributed by atoms with van der Waals surface area (Å²) < 4.78 is 1.71. The number of para-hydroxylation sites is 1. The summed E-state index contributed by atoms with van der Waals surface area (Å²) in [7, 11) is 0. The Bertz CT molecular complexity index is 1130. The number of pyridine rings is 1. The van der Waals surface area contributed by atoms with Gasteiger partial charge in [-0.25, -0.2) is 10.4 Å². The van der Waals surface area contributed by atoms with Gasteiger partial charge in [-0.2, -0.15) is 10.5 Å². The van der Waals surface area contributed by atoms with Crippen LogP contribution in [0.3, 0.4) is 0 Å². The molecule has 1 heterocycles. The van der Waals surface area contributed by atoms with E-state index in [1.807, 2.05) is 30.3 Å². The van der Waals surface area contributed by atoms with Crippen molar-refractivity contribution in [1.82, 2.24) is 4.57 Å². The van der Waals surface area contributed by atoms with E-state index in [0.29, 0.717) is 27.5 Å². The van der Waals surface area contributed by atoms with Crippen molar-refractivity contribution in [3.05, 3.63) is 87.4 Å². The highest BCUT2D eigenvalue weighted by Gasteiger charge is 2.16. The number of nitrogens with one attached hydrogen (secondary N) is 2. The van der Waals surface area contributed by atoms with Crippen LogP contribution >= 0.6 is 0 Å². The highest BCUT2D eigenvalue weighted by atomic mass is 16.8. The van der Waals surface area contributed by atoms with Crippen LogP contribution in [-0.2, 0) is 0 Å². The van der Waals surface area contributed by atoms with Crippen molar-refractivity contribution in [2.45, 2.75) is 0 Å². The molecular formula is C19H15N3O5. The number of benzene rings is 3. The summed E-state index contributed by atoms with van der Waals surface area (Å²) in [6.07, 6.45) is 0. The third kappa shape index (κ3) is 2.88. The molecule has 4 aromatic rings. The van der Waals surface area contributed by atoms with E-state index in [0.717, 1.165) is 0 Å². The standard InChI is InChI=1S/C19H15N3O5/c23-19-15-8-6-13(21(24)25)10-17(15)20(12-4-2-1-3-5-12)18-11-14(22(26)27)7-9-16(18)19/h1-11,21-22,24,26H.